The molecule has 7 atom stereocenters. The first-order chi connectivity index (χ1) is 26.4. The predicted octanol–water partition coefficient (Wildman–Crippen LogP) is -1.64. The van der Waals surface area contributed by atoms with E-state index in [1.54, 1.807) is 0 Å². The van der Waals surface area contributed by atoms with Gasteiger partial charge in [-0.25, -0.2) is 28.6 Å². The molecular weight excluding hydrogens is 849 g/mol. The second-order valence-corrected chi connectivity index (χ2v) is 18.3. The molecule has 3 heterocycles. The third-order valence-electron chi connectivity index (χ3n) is 7.77. The Bertz CT molecular complexity index is 1880. The molecule has 0 radical (unpaired) electrons. The number of thioether (sulfide) groups is 1. The zero-order valence-corrected chi connectivity index (χ0v) is 33.9. The van der Waals surface area contributed by atoms with Gasteiger partial charge in [0.2, 0.25) is 11.8 Å². The lowest BCUT2D eigenvalue weighted by Gasteiger charge is -2.30. The van der Waals surface area contributed by atoms with Gasteiger partial charge < -0.3 is 56.6 Å². The summed E-state index contributed by atoms with van der Waals surface area (Å²) in [6.07, 6.45) is -6.59. The Labute approximate surface area is 328 Å². The van der Waals surface area contributed by atoms with Crippen LogP contribution in [-0.2, 0) is 55.5 Å². The smallest absolute Gasteiger partial charge is 0.386 e. The number of phosphoric ester groups is 3. The Morgan fingerprint density at radius 3 is 2.39 bits per heavy atom. The Balaban J connectivity index is 1.47. The number of nitrogen functional groups attached to an aromatic ring is 1. The van der Waals surface area contributed by atoms with Gasteiger partial charge in [0, 0.05) is 37.1 Å². The number of aromatic nitrogens is 4. The van der Waals surface area contributed by atoms with Gasteiger partial charge in [-0.3, -0.25) is 37.3 Å². The number of amides is 2. The number of hydrogen-bond donors (Lipinski definition) is 10. The number of imidazole rings is 1. The highest BCUT2D eigenvalue weighted by Gasteiger charge is 2.50. The molecular formula is C27H45N8O18P3S. The lowest BCUT2D eigenvalue weighted by Crippen LogP contribution is -2.46. The molecule has 322 valence electrons. The van der Waals surface area contributed by atoms with Crippen LogP contribution in [0.5, 0.6) is 0 Å². The van der Waals surface area contributed by atoms with Crippen molar-refractivity contribution in [2.45, 2.75) is 70.2 Å². The Morgan fingerprint density at radius 1 is 1.04 bits per heavy atom. The fraction of sp³-hybridized carbons (Fsp3) is 0.667. The van der Waals surface area contributed by atoms with E-state index in [9.17, 15) is 62.7 Å². The van der Waals surface area contributed by atoms with Gasteiger partial charge >= 0.3 is 23.5 Å². The first-order valence-electron chi connectivity index (χ1n) is 16.7. The average molecular weight is 895 g/mol. The molecule has 2 aromatic rings. The van der Waals surface area contributed by atoms with Gasteiger partial charge in [-0.05, 0) is 13.0 Å². The molecule has 1 saturated heterocycles. The van der Waals surface area contributed by atoms with E-state index in [4.69, 9.17) is 25.3 Å². The Hall–Kier alpha value is -2.81. The molecule has 57 heavy (non-hydrogen) atoms. The van der Waals surface area contributed by atoms with Gasteiger partial charge in [-0.1, -0.05) is 25.6 Å². The van der Waals surface area contributed by atoms with E-state index in [0.717, 1.165) is 29.0 Å². The summed E-state index contributed by atoms with van der Waals surface area (Å²) in [5, 5.41) is 25.9. The van der Waals surface area contributed by atoms with E-state index in [-0.39, 0.29) is 66.0 Å². The minimum absolute atomic E-state index is 0.0225. The van der Waals surface area contributed by atoms with Crippen LogP contribution >= 0.6 is 35.2 Å². The van der Waals surface area contributed by atoms with Crippen LogP contribution in [0.25, 0.3) is 11.2 Å². The van der Waals surface area contributed by atoms with Crippen molar-refractivity contribution in [2.24, 2.45) is 11.1 Å². The quantitative estimate of drug-likeness (QED) is 0.0321. The normalized spacial score (nSPS) is 21.4. The third-order valence-corrected chi connectivity index (χ3v) is 11.7. The molecule has 1 aliphatic heterocycles. The van der Waals surface area contributed by atoms with Gasteiger partial charge in [0.05, 0.1) is 26.0 Å². The number of nitrogens with zero attached hydrogens (tertiary/aromatic N) is 4. The average Bonchev–Trinajstić information content (AvgIpc) is 3.67. The fourth-order valence-electron chi connectivity index (χ4n) is 4.89. The molecule has 30 heteroatoms. The summed E-state index contributed by atoms with van der Waals surface area (Å²) in [5.41, 5.74) is 9.55. The highest BCUT2D eigenvalue weighted by atomic mass is 32.2. The number of nitrogens with two attached hydrogens (primary N) is 2. The molecule has 0 spiro atoms. The highest BCUT2D eigenvalue weighted by Crippen LogP contribution is 2.61. The van der Waals surface area contributed by atoms with Crippen molar-refractivity contribution in [3.05, 3.63) is 12.7 Å². The molecule has 3 rings (SSSR count). The van der Waals surface area contributed by atoms with Crippen LogP contribution in [-0.4, -0.2) is 135 Å². The zero-order valence-electron chi connectivity index (χ0n) is 30.4. The Kier molecular flexibility index (Phi) is 17.8. The molecule has 26 nitrogen and oxygen atoms in total. The first kappa shape index (κ1) is 48.6. The lowest BCUT2D eigenvalue weighted by atomic mass is 9.87. The van der Waals surface area contributed by atoms with E-state index in [1.165, 1.54) is 13.8 Å². The maximum atomic E-state index is 12.7. The van der Waals surface area contributed by atoms with Crippen LogP contribution in [0, 0.1) is 5.41 Å². The molecule has 12 N–H and O–H groups in total. The summed E-state index contributed by atoms with van der Waals surface area (Å²) in [5.74, 6) is -1.58. The van der Waals surface area contributed by atoms with Gasteiger partial charge in [0.15, 0.2) is 22.8 Å². The van der Waals surface area contributed by atoms with E-state index in [1.807, 2.05) is 0 Å². The molecule has 0 bridgehead atoms. The summed E-state index contributed by atoms with van der Waals surface area (Å²) in [6.45, 7) is 0.608. The second-order valence-electron chi connectivity index (χ2n) is 12.9. The first-order valence-corrected chi connectivity index (χ1v) is 22.2. The summed E-state index contributed by atoms with van der Waals surface area (Å²) in [7, 11) is -16.4. The van der Waals surface area contributed by atoms with Crippen LogP contribution in [0.15, 0.2) is 12.7 Å². The minimum Gasteiger partial charge on any atom is -0.386 e. The number of aliphatic hydroxyl groups is 2. The number of ketones is 1. The minimum atomic E-state index is -5.58. The highest BCUT2D eigenvalue weighted by molar-refractivity contribution is 8.13. The number of hydrogen-bond acceptors (Lipinski definition) is 20. The summed E-state index contributed by atoms with van der Waals surface area (Å²) in [6, 6.07) is 0. The van der Waals surface area contributed by atoms with Crippen molar-refractivity contribution < 1.29 is 85.3 Å². The van der Waals surface area contributed by atoms with Crippen LogP contribution in [0.4, 0.5) is 5.82 Å². The van der Waals surface area contributed by atoms with Crippen molar-refractivity contribution in [2.75, 3.05) is 44.3 Å². The van der Waals surface area contributed by atoms with Crippen molar-refractivity contribution in [3.8, 4) is 0 Å². The van der Waals surface area contributed by atoms with Crippen LogP contribution < -0.4 is 22.1 Å². The summed E-state index contributed by atoms with van der Waals surface area (Å²) < 4.78 is 62.0. The van der Waals surface area contributed by atoms with Crippen molar-refractivity contribution in [3.63, 3.8) is 0 Å². The Morgan fingerprint density at radius 2 is 1.72 bits per heavy atom. The molecule has 1 fully saturated rings. The van der Waals surface area contributed by atoms with Gasteiger partial charge in [0.1, 0.15) is 42.0 Å². The lowest BCUT2D eigenvalue weighted by molar-refractivity contribution is -0.137. The molecule has 0 aliphatic carbocycles. The number of rotatable bonds is 24. The van der Waals surface area contributed by atoms with Crippen LogP contribution in [0.2, 0.25) is 0 Å². The van der Waals surface area contributed by atoms with Crippen molar-refractivity contribution in [1.82, 2.24) is 30.2 Å². The van der Waals surface area contributed by atoms with E-state index in [2.05, 4.69) is 34.4 Å². The van der Waals surface area contributed by atoms with E-state index >= 15 is 0 Å². The van der Waals surface area contributed by atoms with E-state index < -0.39 is 84.6 Å². The number of carbonyl (C=O) groups is 4. The van der Waals surface area contributed by atoms with Crippen LogP contribution in [0.3, 0.4) is 0 Å². The standard InChI is InChI=1S/C27H45N8O18P3S/c1-27(2,22(40)25(41)31-7-5-17(37)30-8-9-57-18(38)10-15(36)4-3-6-28)12-50-56(47,48)53-55(45,46)49-11-16-21(52-54(42,43)44)20(39)26(51-16)35-14-34-19-23(29)32-13-33-24(19)35/h13-14,16,20-22,26,39-40H,3-12,28H2,1-2H3,(H,30,37)(H,31,41)(H,45,46)(H,47,48)(H2,29,32,33)(H2,42,43,44)/t16-,20-,21-,22+,26-/m1/s1. The zero-order chi connectivity index (χ0) is 42.8. The fourth-order valence-corrected chi connectivity index (χ4v) is 8.42. The predicted molar refractivity (Wildman–Crippen MR) is 195 cm³/mol. The maximum Gasteiger partial charge on any atom is 0.481 e. The number of nitrogens with one attached hydrogen (secondary N) is 2. The molecule has 2 aromatic heterocycles. The van der Waals surface area contributed by atoms with Crippen molar-refractivity contribution >= 4 is 74.9 Å². The van der Waals surface area contributed by atoms with Crippen molar-refractivity contribution in [1.29, 1.82) is 0 Å². The number of aliphatic hydroxyl groups excluding tert-OH is 2. The molecule has 1 aliphatic rings. The number of phosphoric acid groups is 3. The van der Waals surface area contributed by atoms with Gasteiger partial charge in [0.25, 0.3) is 0 Å². The van der Waals surface area contributed by atoms with Gasteiger partial charge in [-0.15, -0.1) is 0 Å². The number of fused-ring (bicyclic) bond motifs is 1. The second kappa shape index (κ2) is 20.9. The number of Topliss-reactive ketones (excluding diaryl/α,β-unsaturated/α-hetero) is 1. The third kappa shape index (κ3) is 15.4. The summed E-state index contributed by atoms with van der Waals surface area (Å²) >= 11 is 0.880. The molecule has 0 aromatic carbocycles. The number of ether oxygens (including phenoxy) is 1. The monoisotopic (exact) mass is 894 g/mol. The van der Waals surface area contributed by atoms with Crippen LogP contribution in [0.1, 0.15) is 45.8 Å². The number of anilines is 1. The maximum absolute atomic E-state index is 12.7. The molecule has 0 saturated carbocycles. The SMILES string of the molecule is CC(C)(COP(=O)(O)OP(=O)(O)OC[C@H]1O[C@@H](n2cnc3c(N)ncnc32)[C@H](O)[C@@H]1OP(=O)(O)O)[C@@H](O)C(=O)NCCC(=O)NCCSC(=O)CC(=O)CCCN. The topological polar surface area (TPSA) is 407 Å². The van der Waals surface area contributed by atoms with E-state index in [0.29, 0.717) is 13.0 Å². The summed E-state index contributed by atoms with van der Waals surface area (Å²) in [4.78, 5) is 99.0. The molecule has 2 unspecified atom stereocenters. The number of carbonyl (C=O) groups excluding carboxylic acids is 4. The largest absolute Gasteiger partial charge is 0.481 e. The molecule has 2 amide bonds. The van der Waals surface area contributed by atoms with Gasteiger partial charge in [-0.2, -0.15) is 4.31 Å².